The topological polar surface area (TPSA) is 63.7 Å². The first-order valence-electron chi connectivity index (χ1n) is 9.43. The molecule has 0 aromatic heterocycles. The third-order valence-electron chi connectivity index (χ3n) is 5.35. The van der Waals surface area contributed by atoms with E-state index in [9.17, 15) is 14.4 Å². The van der Waals surface area contributed by atoms with Crippen LogP contribution >= 0.6 is 0 Å². The van der Waals surface area contributed by atoms with Gasteiger partial charge in [0.25, 0.3) is 0 Å². The Morgan fingerprint density at radius 3 is 2.04 bits per heavy atom. The first kappa shape index (κ1) is 18.2. The van der Waals surface area contributed by atoms with Gasteiger partial charge < -0.3 is 4.74 Å². The van der Waals surface area contributed by atoms with Crippen LogP contribution in [0.3, 0.4) is 0 Å². The van der Waals surface area contributed by atoms with Gasteiger partial charge in [0.2, 0.25) is 11.8 Å². The van der Waals surface area contributed by atoms with E-state index in [2.05, 4.69) is 0 Å². The molecule has 2 aromatic rings. The zero-order chi connectivity index (χ0) is 19.5. The van der Waals surface area contributed by atoms with E-state index in [1.807, 2.05) is 66.7 Å². The lowest BCUT2D eigenvalue weighted by Gasteiger charge is -2.14. The van der Waals surface area contributed by atoms with Gasteiger partial charge in [-0.05, 0) is 29.5 Å². The number of nitrogens with zero attached hydrogens (tertiary/aromatic N) is 1. The molecule has 2 aromatic carbocycles. The highest BCUT2D eigenvalue weighted by Gasteiger charge is 2.47. The van der Waals surface area contributed by atoms with Crippen molar-refractivity contribution in [1.82, 2.24) is 4.90 Å². The van der Waals surface area contributed by atoms with Crippen LogP contribution in [0.25, 0.3) is 11.1 Å². The van der Waals surface area contributed by atoms with Crippen LogP contribution in [0.2, 0.25) is 0 Å². The standard InChI is InChI=1S/C23H21NO4/c25-21(14-24-22(26)19-8-4-5-9-20(19)23(24)27)28-15-16-10-12-18(13-11-16)17-6-2-1-3-7-17/h1-7,10-13,19-20H,8-9,14-15H2/t19-,20+. The van der Waals surface area contributed by atoms with Crippen molar-refractivity contribution < 1.29 is 19.1 Å². The summed E-state index contributed by atoms with van der Waals surface area (Å²) in [7, 11) is 0. The number of amides is 2. The monoisotopic (exact) mass is 375 g/mol. The molecule has 0 unspecified atom stereocenters. The van der Waals surface area contributed by atoms with Crippen LogP contribution in [-0.2, 0) is 25.7 Å². The maximum Gasteiger partial charge on any atom is 0.326 e. The number of benzene rings is 2. The molecule has 4 rings (SSSR count). The Morgan fingerprint density at radius 1 is 0.857 bits per heavy atom. The molecule has 2 atom stereocenters. The Hall–Kier alpha value is -3.21. The van der Waals surface area contributed by atoms with Crippen molar-refractivity contribution in [3.63, 3.8) is 0 Å². The summed E-state index contributed by atoms with van der Waals surface area (Å²) in [5.41, 5.74) is 3.05. The smallest absolute Gasteiger partial charge is 0.326 e. The molecule has 5 nitrogen and oxygen atoms in total. The Balaban J connectivity index is 1.32. The number of rotatable bonds is 5. The second-order valence-electron chi connectivity index (χ2n) is 7.14. The quantitative estimate of drug-likeness (QED) is 0.457. The van der Waals surface area contributed by atoms with E-state index in [-0.39, 0.29) is 36.8 Å². The summed E-state index contributed by atoms with van der Waals surface area (Å²) in [6.45, 7) is -0.203. The Bertz CT molecular complexity index is 891. The number of esters is 1. The lowest BCUT2D eigenvalue weighted by atomic mass is 9.85. The Labute approximate surface area is 163 Å². The highest BCUT2D eigenvalue weighted by atomic mass is 16.5. The molecular formula is C23H21NO4. The van der Waals surface area contributed by atoms with Crippen molar-refractivity contribution in [1.29, 1.82) is 0 Å². The molecule has 1 aliphatic carbocycles. The normalized spacial score (nSPS) is 20.9. The average Bonchev–Trinajstić information content (AvgIpc) is 2.98. The van der Waals surface area contributed by atoms with Crippen molar-refractivity contribution in [3.8, 4) is 11.1 Å². The molecule has 0 spiro atoms. The molecule has 0 bridgehead atoms. The molecule has 2 aliphatic rings. The third kappa shape index (κ3) is 3.60. The number of carbonyl (C=O) groups excluding carboxylic acids is 3. The Morgan fingerprint density at radius 2 is 1.43 bits per heavy atom. The average molecular weight is 375 g/mol. The SMILES string of the molecule is O=C(CN1C(=O)[C@H]2CC=CC[C@H]2C1=O)OCc1ccc(-c2ccccc2)cc1. The molecular weight excluding hydrogens is 354 g/mol. The number of carbonyl (C=O) groups is 3. The van der Waals surface area contributed by atoms with E-state index in [1.54, 1.807) is 0 Å². The van der Waals surface area contributed by atoms with E-state index in [1.165, 1.54) is 0 Å². The number of likely N-dealkylation sites (tertiary alicyclic amines) is 1. The minimum absolute atomic E-state index is 0.110. The molecule has 0 saturated carbocycles. The van der Waals surface area contributed by atoms with Crippen molar-refractivity contribution in [3.05, 3.63) is 72.3 Å². The van der Waals surface area contributed by atoms with Gasteiger partial charge in [-0.25, -0.2) is 0 Å². The fourth-order valence-electron chi connectivity index (χ4n) is 3.79. The first-order chi connectivity index (χ1) is 13.6. The number of hydrogen-bond donors (Lipinski definition) is 0. The van der Waals surface area contributed by atoms with Crippen molar-refractivity contribution >= 4 is 17.8 Å². The van der Waals surface area contributed by atoms with Crippen LogP contribution in [0.5, 0.6) is 0 Å². The largest absolute Gasteiger partial charge is 0.459 e. The fourth-order valence-corrected chi connectivity index (χ4v) is 3.79. The van der Waals surface area contributed by atoms with Crippen LogP contribution in [0.15, 0.2) is 66.7 Å². The molecule has 5 heteroatoms. The molecule has 28 heavy (non-hydrogen) atoms. The van der Waals surface area contributed by atoms with Crippen LogP contribution in [0, 0.1) is 11.8 Å². The van der Waals surface area contributed by atoms with Crippen LogP contribution in [0.1, 0.15) is 18.4 Å². The second-order valence-corrected chi connectivity index (χ2v) is 7.14. The number of imide groups is 1. The fraction of sp³-hybridized carbons (Fsp3) is 0.261. The van der Waals surface area contributed by atoms with Gasteiger partial charge in [-0.3, -0.25) is 19.3 Å². The van der Waals surface area contributed by atoms with Gasteiger partial charge in [-0.15, -0.1) is 0 Å². The van der Waals surface area contributed by atoms with Gasteiger partial charge >= 0.3 is 5.97 Å². The maximum atomic E-state index is 12.4. The number of fused-ring (bicyclic) bond motifs is 1. The predicted octanol–water partition coefficient (Wildman–Crippen LogP) is 3.35. The molecule has 1 heterocycles. The van der Waals surface area contributed by atoms with Crippen LogP contribution < -0.4 is 0 Å². The minimum Gasteiger partial charge on any atom is -0.459 e. The zero-order valence-electron chi connectivity index (χ0n) is 15.4. The summed E-state index contributed by atoms with van der Waals surface area (Å²) >= 11 is 0. The Kier molecular flexibility index (Phi) is 5.06. The van der Waals surface area contributed by atoms with E-state index in [0.29, 0.717) is 12.8 Å². The zero-order valence-corrected chi connectivity index (χ0v) is 15.4. The van der Waals surface area contributed by atoms with Gasteiger partial charge in [0.1, 0.15) is 13.2 Å². The number of allylic oxidation sites excluding steroid dienone is 2. The molecule has 1 aliphatic heterocycles. The highest BCUT2D eigenvalue weighted by Crippen LogP contribution is 2.34. The molecule has 0 N–H and O–H groups in total. The second kappa shape index (κ2) is 7.80. The van der Waals surface area contributed by atoms with Gasteiger partial charge in [-0.2, -0.15) is 0 Å². The molecule has 0 radical (unpaired) electrons. The van der Waals surface area contributed by atoms with E-state index in [0.717, 1.165) is 21.6 Å². The van der Waals surface area contributed by atoms with Gasteiger partial charge in [0, 0.05) is 0 Å². The maximum absolute atomic E-state index is 12.4. The molecule has 1 saturated heterocycles. The summed E-state index contributed by atoms with van der Waals surface area (Å²) in [5.74, 6) is -1.74. The predicted molar refractivity (Wildman–Crippen MR) is 104 cm³/mol. The third-order valence-corrected chi connectivity index (χ3v) is 5.35. The minimum atomic E-state index is -0.569. The summed E-state index contributed by atoms with van der Waals surface area (Å²) < 4.78 is 5.28. The summed E-state index contributed by atoms with van der Waals surface area (Å²) in [5, 5.41) is 0. The molecule has 1 fully saturated rings. The lowest BCUT2D eigenvalue weighted by Crippen LogP contribution is -2.36. The molecule has 2 amide bonds. The van der Waals surface area contributed by atoms with Gasteiger partial charge in [0.05, 0.1) is 11.8 Å². The summed E-state index contributed by atoms with van der Waals surface area (Å²) in [6.07, 6.45) is 4.98. The first-order valence-corrected chi connectivity index (χ1v) is 9.43. The van der Waals surface area contributed by atoms with E-state index in [4.69, 9.17) is 4.74 Å². The lowest BCUT2D eigenvalue weighted by molar-refractivity contribution is -0.153. The van der Waals surface area contributed by atoms with Gasteiger partial charge in [0.15, 0.2) is 0 Å². The van der Waals surface area contributed by atoms with Crippen LogP contribution in [-0.4, -0.2) is 29.2 Å². The van der Waals surface area contributed by atoms with Crippen LogP contribution in [0.4, 0.5) is 0 Å². The number of ether oxygens (including phenoxy) is 1. The van der Waals surface area contributed by atoms with Crippen molar-refractivity contribution in [2.24, 2.45) is 11.8 Å². The summed E-state index contributed by atoms with van der Waals surface area (Å²) in [4.78, 5) is 38.0. The summed E-state index contributed by atoms with van der Waals surface area (Å²) in [6, 6.07) is 17.8. The highest BCUT2D eigenvalue weighted by molar-refractivity contribution is 6.07. The van der Waals surface area contributed by atoms with E-state index >= 15 is 0 Å². The molecule has 142 valence electrons. The van der Waals surface area contributed by atoms with Crippen molar-refractivity contribution in [2.45, 2.75) is 19.4 Å². The van der Waals surface area contributed by atoms with E-state index < -0.39 is 5.97 Å². The number of hydrogen-bond acceptors (Lipinski definition) is 4. The van der Waals surface area contributed by atoms with Gasteiger partial charge in [-0.1, -0.05) is 66.7 Å². The van der Waals surface area contributed by atoms with Crippen molar-refractivity contribution in [2.75, 3.05) is 6.54 Å².